The third-order valence-corrected chi connectivity index (χ3v) is 3.94. The highest BCUT2D eigenvalue weighted by atomic mass is 35.5. The number of anilines is 1. The predicted octanol–water partition coefficient (Wildman–Crippen LogP) is 4.69. The Labute approximate surface area is 160 Å². The number of ether oxygens (including phenoxy) is 1. The van der Waals surface area contributed by atoms with Gasteiger partial charge in [0.15, 0.2) is 5.69 Å². The summed E-state index contributed by atoms with van der Waals surface area (Å²) in [5.41, 5.74) is 7.21. The van der Waals surface area contributed by atoms with Gasteiger partial charge >= 0.3 is 0 Å². The molecule has 0 atom stereocenters. The Hall–Kier alpha value is -2.76. The molecule has 0 aliphatic heterocycles. The van der Waals surface area contributed by atoms with Crippen molar-refractivity contribution in [3.8, 4) is 11.5 Å². The van der Waals surface area contributed by atoms with E-state index < -0.39 is 0 Å². The van der Waals surface area contributed by atoms with Crippen molar-refractivity contribution < 1.29 is 9.53 Å². The van der Waals surface area contributed by atoms with E-state index in [4.69, 9.17) is 33.7 Å². The zero-order valence-electron chi connectivity index (χ0n) is 13.6. The molecule has 3 rings (SSSR count). The second-order valence-electron chi connectivity index (χ2n) is 5.48. The molecule has 5 nitrogen and oxygen atoms in total. The van der Waals surface area contributed by atoms with Crippen LogP contribution in [0.1, 0.15) is 16.1 Å². The Kier molecular flexibility index (Phi) is 5.61. The highest BCUT2D eigenvalue weighted by Gasteiger charge is 2.10. The van der Waals surface area contributed by atoms with Crippen LogP contribution in [0.5, 0.6) is 11.5 Å². The number of nitrogen functional groups attached to an aromatic ring is 1. The van der Waals surface area contributed by atoms with Crippen LogP contribution in [-0.4, -0.2) is 10.9 Å². The van der Waals surface area contributed by atoms with Crippen LogP contribution in [0.2, 0.25) is 10.0 Å². The largest absolute Gasteiger partial charge is 0.457 e. The molecule has 3 aromatic rings. The smallest absolute Gasteiger partial charge is 0.272 e. The van der Waals surface area contributed by atoms with E-state index in [2.05, 4.69) is 10.3 Å². The van der Waals surface area contributed by atoms with Gasteiger partial charge in [0, 0.05) is 22.8 Å². The molecule has 132 valence electrons. The predicted molar refractivity (Wildman–Crippen MR) is 103 cm³/mol. The molecule has 0 fully saturated rings. The monoisotopic (exact) mass is 387 g/mol. The van der Waals surface area contributed by atoms with E-state index in [1.807, 2.05) is 12.1 Å². The van der Waals surface area contributed by atoms with Crippen LogP contribution in [0.3, 0.4) is 0 Å². The number of carbonyl (C=O) groups excluding carboxylic acids is 1. The van der Waals surface area contributed by atoms with Gasteiger partial charge in [-0.15, -0.1) is 0 Å². The normalized spacial score (nSPS) is 10.4. The van der Waals surface area contributed by atoms with E-state index >= 15 is 0 Å². The van der Waals surface area contributed by atoms with Gasteiger partial charge < -0.3 is 15.8 Å². The minimum absolute atomic E-state index is 0.213. The molecule has 3 N–H and O–H groups in total. The van der Waals surface area contributed by atoms with Crippen LogP contribution < -0.4 is 15.8 Å². The van der Waals surface area contributed by atoms with Crippen LogP contribution in [0, 0.1) is 0 Å². The van der Waals surface area contributed by atoms with Crippen molar-refractivity contribution in [3.05, 3.63) is 82.1 Å². The Bertz CT molecular complexity index is 910. The van der Waals surface area contributed by atoms with Crippen molar-refractivity contribution in [1.82, 2.24) is 10.3 Å². The molecule has 7 heteroatoms. The molecule has 0 radical (unpaired) electrons. The van der Waals surface area contributed by atoms with Crippen LogP contribution >= 0.6 is 23.2 Å². The van der Waals surface area contributed by atoms with Crippen molar-refractivity contribution in [2.75, 3.05) is 5.73 Å². The number of carbonyl (C=O) groups is 1. The first kappa shape index (κ1) is 18.0. The molecule has 0 spiro atoms. The number of hydrogen-bond donors (Lipinski definition) is 2. The quantitative estimate of drug-likeness (QED) is 0.665. The van der Waals surface area contributed by atoms with Gasteiger partial charge in [-0.1, -0.05) is 35.3 Å². The molecule has 0 bridgehead atoms. The van der Waals surface area contributed by atoms with Gasteiger partial charge in [-0.2, -0.15) is 0 Å². The molecule has 0 aliphatic carbocycles. The first-order valence-electron chi connectivity index (χ1n) is 7.73. The molecule has 0 unspecified atom stereocenters. The maximum absolute atomic E-state index is 12.1. The summed E-state index contributed by atoms with van der Waals surface area (Å²) in [6.45, 7) is 0.345. The molecule has 1 aromatic heterocycles. The summed E-state index contributed by atoms with van der Waals surface area (Å²) in [5, 5.41) is 3.78. The maximum atomic E-state index is 12.1. The van der Waals surface area contributed by atoms with Gasteiger partial charge in [0.25, 0.3) is 5.91 Å². The molecule has 0 saturated heterocycles. The number of aromatic nitrogens is 1. The fourth-order valence-electron chi connectivity index (χ4n) is 2.27. The number of nitrogens with one attached hydrogen (secondary N) is 1. The Balaban J connectivity index is 1.61. The van der Waals surface area contributed by atoms with E-state index in [1.165, 1.54) is 6.20 Å². The maximum Gasteiger partial charge on any atom is 0.272 e. The number of hydrogen-bond acceptors (Lipinski definition) is 4. The second-order valence-corrected chi connectivity index (χ2v) is 6.35. The summed E-state index contributed by atoms with van der Waals surface area (Å²) < 4.78 is 5.72. The number of amides is 1. The number of benzene rings is 2. The van der Waals surface area contributed by atoms with Gasteiger partial charge in [-0.05, 0) is 48.0 Å². The number of nitrogens with zero attached hydrogens (tertiary/aromatic N) is 1. The fourth-order valence-corrected chi connectivity index (χ4v) is 2.78. The van der Waals surface area contributed by atoms with Gasteiger partial charge in [0.1, 0.15) is 11.5 Å². The number of rotatable bonds is 5. The highest BCUT2D eigenvalue weighted by molar-refractivity contribution is 6.34. The van der Waals surface area contributed by atoms with E-state index in [1.54, 1.807) is 42.5 Å². The van der Waals surface area contributed by atoms with Crippen molar-refractivity contribution in [1.29, 1.82) is 0 Å². The van der Waals surface area contributed by atoms with E-state index in [9.17, 15) is 4.79 Å². The molecule has 0 aliphatic rings. The molecule has 1 heterocycles. The van der Waals surface area contributed by atoms with Crippen molar-refractivity contribution in [2.24, 2.45) is 0 Å². The van der Waals surface area contributed by atoms with Crippen molar-refractivity contribution in [3.63, 3.8) is 0 Å². The van der Waals surface area contributed by atoms with Crippen molar-refractivity contribution in [2.45, 2.75) is 6.54 Å². The Morgan fingerprint density at radius 2 is 1.73 bits per heavy atom. The lowest BCUT2D eigenvalue weighted by molar-refractivity contribution is 0.0947. The average Bonchev–Trinajstić information content (AvgIpc) is 2.60. The van der Waals surface area contributed by atoms with Gasteiger partial charge in [-0.3, -0.25) is 4.79 Å². The third-order valence-electron chi connectivity index (χ3n) is 3.50. The molecule has 1 amide bonds. The minimum atomic E-state index is -0.322. The number of nitrogens with two attached hydrogens (primary N) is 1. The molecule has 0 saturated carbocycles. The average molecular weight is 388 g/mol. The fraction of sp³-hybridized carbons (Fsp3) is 0.0526. The lowest BCUT2D eigenvalue weighted by atomic mass is 10.2. The zero-order chi connectivity index (χ0) is 18.5. The van der Waals surface area contributed by atoms with Crippen LogP contribution in [0.25, 0.3) is 0 Å². The number of halogens is 2. The Morgan fingerprint density at radius 1 is 1.04 bits per heavy atom. The summed E-state index contributed by atoms with van der Waals surface area (Å²) in [6.07, 6.45) is 1.53. The second kappa shape index (κ2) is 8.08. The SMILES string of the molecule is Nc1cccnc1C(=O)NCc1ccc(Oc2cc(Cl)cc(Cl)c2)cc1. The standard InChI is InChI=1S/C19H15Cl2N3O2/c20-13-8-14(21)10-16(9-13)26-15-5-3-12(4-6-15)11-24-19(25)18-17(22)2-1-7-23-18/h1-10H,11,22H2,(H,24,25). The van der Waals surface area contributed by atoms with Crippen LogP contribution in [0.15, 0.2) is 60.8 Å². The zero-order valence-corrected chi connectivity index (χ0v) is 15.1. The first-order valence-corrected chi connectivity index (χ1v) is 8.48. The molecule has 26 heavy (non-hydrogen) atoms. The summed E-state index contributed by atoms with van der Waals surface area (Å²) in [7, 11) is 0. The van der Waals surface area contributed by atoms with Gasteiger partial charge in [-0.25, -0.2) is 4.98 Å². The summed E-state index contributed by atoms with van der Waals surface area (Å²) in [6, 6.07) is 15.6. The Morgan fingerprint density at radius 3 is 2.38 bits per heavy atom. The lowest BCUT2D eigenvalue weighted by Gasteiger charge is -2.09. The highest BCUT2D eigenvalue weighted by Crippen LogP contribution is 2.28. The van der Waals surface area contributed by atoms with Crippen molar-refractivity contribution >= 4 is 34.8 Å². The van der Waals surface area contributed by atoms with E-state index in [0.717, 1.165) is 5.56 Å². The number of pyridine rings is 1. The first-order chi connectivity index (χ1) is 12.5. The summed E-state index contributed by atoms with van der Waals surface area (Å²) in [4.78, 5) is 16.1. The summed E-state index contributed by atoms with van der Waals surface area (Å²) in [5.74, 6) is 0.860. The van der Waals surface area contributed by atoms with Gasteiger partial charge in [0.05, 0.1) is 5.69 Å². The third kappa shape index (κ3) is 4.65. The van der Waals surface area contributed by atoms with Crippen LogP contribution in [0.4, 0.5) is 5.69 Å². The lowest BCUT2D eigenvalue weighted by Crippen LogP contribution is -2.24. The molecular weight excluding hydrogens is 373 g/mol. The van der Waals surface area contributed by atoms with Gasteiger partial charge in [0.2, 0.25) is 0 Å². The van der Waals surface area contributed by atoms with E-state index in [0.29, 0.717) is 33.8 Å². The minimum Gasteiger partial charge on any atom is -0.457 e. The van der Waals surface area contributed by atoms with E-state index in [-0.39, 0.29) is 11.6 Å². The summed E-state index contributed by atoms with van der Waals surface area (Å²) >= 11 is 11.9. The van der Waals surface area contributed by atoms with Crippen LogP contribution in [-0.2, 0) is 6.54 Å². The molecular formula is C19H15Cl2N3O2. The topological polar surface area (TPSA) is 77.2 Å². The molecule has 2 aromatic carbocycles.